The van der Waals surface area contributed by atoms with Gasteiger partial charge in [0, 0.05) is 23.7 Å². The van der Waals surface area contributed by atoms with Crippen molar-refractivity contribution in [1.82, 2.24) is 5.32 Å². The molecule has 1 aromatic rings. The molecule has 2 bridgehead atoms. The Hall–Kier alpha value is -1.03. The highest BCUT2D eigenvalue weighted by Crippen LogP contribution is 2.52. The van der Waals surface area contributed by atoms with E-state index in [0.717, 1.165) is 25.0 Å². The van der Waals surface area contributed by atoms with Crippen LogP contribution >= 0.6 is 0 Å². The van der Waals surface area contributed by atoms with Crippen LogP contribution < -0.4 is 5.32 Å². The Balaban J connectivity index is 1.95. The molecule has 0 radical (unpaired) electrons. The highest BCUT2D eigenvalue weighted by atomic mass is 19.1. The Morgan fingerprint density at radius 1 is 1.11 bits per heavy atom. The topological polar surface area (TPSA) is 12.0 Å². The van der Waals surface area contributed by atoms with Crippen molar-refractivity contribution in [2.45, 2.75) is 31.7 Å². The Morgan fingerprint density at radius 3 is 2.26 bits per heavy atom. The maximum Gasteiger partial charge on any atom is 0.133 e. The standard InChI is InChI=1S/C15H18F3N/c1-19-15(11-5-8-2-3-9(11)4-8)14-12(17)6-10(16)7-13(14)18/h6-9,11,15,19H,2-5H2,1H3. The minimum absolute atomic E-state index is 0.00134. The van der Waals surface area contributed by atoms with Crippen LogP contribution in [0.4, 0.5) is 13.2 Å². The van der Waals surface area contributed by atoms with Crippen LogP contribution in [-0.2, 0) is 0 Å². The molecule has 1 nitrogen and oxygen atoms in total. The van der Waals surface area contributed by atoms with Gasteiger partial charge in [-0.3, -0.25) is 0 Å². The van der Waals surface area contributed by atoms with Crippen molar-refractivity contribution in [1.29, 1.82) is 0 Å². The summed E-state index contributed by atoms with van der Waals surface area (Å²) < 4.78 is 40.9. The third-order valence-electron chi connectivity index (χ3n) is 4.89. The van der Waals surface area contributed by atoms with E-state index < -0.39 is 17.5 Å². The lowest BCUT2D eigenvalue weighted by molar-refractivity contribution is 0.250. The van der Waals surface area contributed by atoms with Crippen LogP contribution in [0.2, 0.25) is 0 Å². The molecule has 0 heterocycles. The van der Waals surface area contributed by atoms with Gasteiger partial charge in [-0.15, -0.1) is 0 Å². The van der Waals surface area contributed by atoms with Gasteiger partial charge in [0.15, 0.2) is 0 Å². The van der Waals surface area contributed by atoms with Crippen LogP contribution in [0, 0.1) is 35.2 Å². The molecule has 3 rings (SSSR count). The van der Waals surface area contributed by atoms with Gasteiger partial charge in [0.25, 0.3) is 0 Å². The van der Waals surface area contributed by atoms with Crippen LogP contribution in [0.5, 0.6) is 0 Å². The molecule has 0 aliphatic heterocycles. The molecule has 0 aromatic heterocycles. The van der Waals surface area contributed by atoms with Crippen molar-refractivity contribution in [3.63, 3.8) is 0 Å². The molecule has 0 amide bonds. The van der Waals surface area contributed by atoms with E-state index in [1.807, 2.05) is 0 Å². The minimum atomic E-state index is -0.860. The maximum atomic E-state index is 13.9. The van der Waals surface area contributed by atoms with Gasteiger partial charge in [0.1, 0.15) is 17.5 Å². The number of rotatable bonds is 3. The first kappa shape index (κ1) is 13.0. The van der Waals surface area contributed by atoms with Gasteiger partial charge >= 0.3 is 0 Å². The molecule has 1 aromatic carbocycles. The number of halogens is 3. The van der Waals surface area contributed by atoms with Gasteiger partial charge in [0.2, 0.25) is 0 Å². The number of fused-ring (bicyclic) bond motifs is 2. The predicted octanol–water partition coefficient (Wildman–Crippen LogP) is 3.80. The second-order valence-corrected chi connectivity index (χ2v) is 5.89. The van der Waals surface area contributed by atoms with E-state index in [9.17, 15) is 13.2 Å². The zero-order valence-electron chi connectivity index (χ0n) is 10.9. The van der Waals surface area contributed by atoms with Crippen LogP contribution in [0.1, 0.15) is 37.3 Å². The fourth-order valence-electron chi connectivity index (χ4n) is 4.13. The van der Waals surface area contributed by atoms with Crippen molar-refractivity contribution in [3.05, 3.63) is 35.1 Å². The van der Waals surface area contributed by atoms with Gasteiger partial charge in [-0.05, 0) is 44.1 Å². The van der Waals surface area contributed by atoms with Gasteiger partial charge in [0.05, 0.1) is 0 Å². The lowest BCUT2D eigenvalue weighted by atomic mass is 9.80. The summed E-state index contributed by atoms with van der Waals surface area (Å²) >= 11 is 0. The van der Waals surface area contributed by atoms with Crippen LogP contribution in [0.15, 0.2) is 12.1 Å². The smallest absolute Gasteiger partial charge is 0.133 e. The molecule has 2 fully saturated rings. The van der Waals surface area contributed by atoms with Crippen LogP contribution in [-0.4, -0.2) is 7.05 Å². The molecule has 1 N–H and O–H groups in total. The lowest BCUT2D eigenvalue weighted by Crippen LogP contribution is -2.30. The predicted molar refractivity (Wildman–Crippen MR) is 67.1 cm³/mol. The summed E-state index contributed by atoms with van der Waals surface area (Å²) in [6.07, 6.45) is 4.59. The molecule has 4 unspecified atom stereocenters. The Labute approximate surface area is 111 Å². The van der Waals surface area contributed by atoms with E-state index in [2.05, 4.69) is 5.32 Å². The van der Waals surface area contributed by atoms with Gasteiger partial charge in [-0.1, -0.05) is 6.42 Å². The first-order valence-electron chi connectivity index (χ1n) is 6.92. The third-order valence-corrected chi connectivity index (χ3v) is 4.89. The highest BCUT2D eigenvalue weighted by Gasteiger charge is 2.44. The van der Waals surface area contributed by atoms with Crippen LogP contribution in [0.3, 0.4) is 0 Å². The van der Waals surface area contributed by atoms with Crippen molar-refractivity contribution >= 4 is 0 Å². The van der Waals surface area contributed by atoms with Gasteiger partial charge in [-0.25, -0.2) is 13.2 Å². The molecule has 2 aliphatic carbocycles. The van der Waals surface area contributed by atoms with E-state index in [-0.39, 0.29) is 17.5 Å². The summed E-state index contributed by atoms with van der Waals surface area (Å²) in [6.45, 7) is 0. The van der Waals surface area contributed by atoms with Crippen molar-refractivity contribution in [2.24, 2.45) is 17.8 Å². The molecule has 4 atom stereocenters. The molecule has 104 valence electrons. The molecule has 19 heavy (non-hydrogen) atoms. The second-order valence-electron chi connectivity index (χ2n) is 5.89. The maximum absolute atomic E-state index is 13.9. The largest absolute Gasteiger partial charge is 0.313 e. The van der Waals surface area contributed by atoms with Gasteiger partial charge in [-0.2, -0.15) is 0 Å². The van der Waals surface area contributed by atoms with Crippen molar-refractivity contribution in [3.8, 4) is 0 Å². The van der Waals surface area contributed by atoms with Crippen LogP contribution in [0.25, 0.3) is 0 Å². The Morgan fingerprint density at radius 2 is 1.79 bits per heavy atom. The fraction of sp³-hybridized carbons (Fsp3) is 0.600. The monoisotopic (exact) mass is 269 g/mol. The van der Waals surface area contributed by atoms with E-state index in [1.165, 1.54) is 12.8 Å². The molecular weight excluding hydrogens is 251 g/mol. The summed E-state index contributed by atoms with van der Waals surface area (Å²) in [5, 5.41) is 3.04. The lowest BCUT2D eigenvalue weighted by Gasteiger charge is -2.31. The molecule has 2 saturated carbocycles. The molecule has 0 saturated heterocycles. The average molecular weight is 269 g/mol. The van der Waals surface area contributed by atoms with E-state index in [1.54, 1.807) is 7.05 Å². The number of benzene rings is 1. The zero-order valence-corrected chi connectivity index (χ0v) is 10.9. The Bertz CT molecular complexity index is 465. The summed E-state index contributed by atoms with van der Waals surface area (Å²) in [5.74, 6) is -0.900. The highest BCUT2D eigenvalue weighted by molar-refractivity contribution is 5.25. The third kappa shape index (κ3) is 2.16. The fourth-order valence-corrected chi connectivity index (χ4v) is 4.13. The van der Waals surface area contributed by atoms with E-state index in [0.29, 0.717) is 11.8 Å². The second kappa shape index (κ2) is 4.82. The van der Waals surface area contributed by atoms with Crippen molar-refractivity contribution < 1.29 is 13.2 Å². The number of nitrogens with one attached hydrogen (secondary N) is 1. The first-order chi connectivity index (χ1) is 9.10. The molecule has 0 spiro atoms. The Kier molecular flexibility index (Phi) is 3.29. The molecule has 2 aliphatic rings. The number of hydrogen-bond donors (Lipinski definition) is 1. The minimum Gasteiger partial charge on any atom is -0.313 e. The zero-order chi connectivity index (χ0) is 13.6. The van der Waals surface area contributed by atoms with Gasteiger partial charge < -0.3 is 5.32 Å². The van der Waals surface area contributed by atoms with Crippen molar-refractivity contribution in [2.75, 3.05) is 7.05 Å². The molecule has 4 heteroatoms. The summed E-state index contributed by atoms with van der Waals surface area (Å²) in [6, 6.07) is 1.20. The quantitative estimate of drug-likeness (QED) is 0.880. The number of hydrogen-bond acceptors (Lipinski definition) is 1. The van der Waals surface area contributed by atoms with E-state index in [4.69, 9.17) is 0 Å². The normalized spacial score (nSPS) is 30.8. The summed E-state index contributed by atoms with van der Waals surface area (Å²) in [5.41, 5.74) is 0.00134. The molecular formula is C15H18F3N. The SMILES string of the molecule is CNC(c1c(F)cc(F)cc1F)C1CC2CCC1C2. The summed E-state index contributed by atoms with van der Waals surface area (Å²) in [4.78, 5) is 0. The first-order valence-corrected chi connectivity index (χ1v) is 6.92. The summed E-state index contributed by atoms with van der Waals surface area (Å²) in [7, 11) is 1.72. The average Bonchev–Trinajstić information content (AvgIpc) is 2.95. The van der Waals surface area contributed by atoms with E-state index >= 15 is 0 Å².